The Labute approximate surface area is 95.3 Å². The summed E-state index contributed by atoms with van der Waals surface area (Å²) in [4.78, 5) is 6.22. The second-order valence-electron chi connectivity index (χ2n) is 4.23. The van der Waals surface area contributed by atoms with Gasteiger partial charge in [-0.15, -0.1) is 0 Å². The summed E-state index contributed by atoms with van der Waals surface area (Å²) in [6.07, 6.45) is 1.33. The molecule has 0 saturated heterocycles. The Balaban J connectivity index is 2.32. The second kappa shape index (κ2) is 4.60. The highest BCUT2D eigenvalue weighted by Crippen LogP contribution is 2.19. The van der Waals surface area contributed by atoms with Crippen molar-refractivity contribution in [3.05, 3.63) is 42.1 Å². The SMILES string of the molecule is CN(C)CC(O)c1ccc2ncccc2c1. The van der Waals surface area contributed by atoms with Gasteiger partial charge in [0.2, 0.25) is 0 Å². The van der Waals surface area contributed by atoms with Crippen LogP contribution < -0.4 is 0 Å². The van der Waals surface area contributed by atoms with Gasteiger partial charge < -0.3 is 10.0 Å². The van der Waals surface area contributed by atoms with Crippen molar-refractivity contribution >= 4 is 10.9 Å². The predicted octanol–water partition coefficient (Wildman–Crippen LogP) is 1.83. The first-order valence-electron chi connectivity index (χ1n) is 5.34. The first kappa shape index (κ1) is 11.0. The minimum atomic E-state index is -0.445. The fourth-order valence-electron chi connectivity index (χ4n) is 1.75. The molecular formula is C13H16N2O. The summed E-state index contributed by atoms with van der Waals surface area (Å²) in [6.45, 7) is 0.631. The highest BCUT2D eigenvalue weighted by molar-refractivity contribution is 5.79. The van der Waals surface area contributed by atoms with E-state index in [9.17, 15) is 5.11 Å². The summed E-state index contributed by atoms with van der Waals surface area (Å²) in [7, 11) is 3.90. The van der Waals surface area contributed by atoms with Crippen LogP contribution in [0.4, 0.5) is 0 Å². The minimum absolute atomic E-state index is 0.445. The van der Waals surface area contributed by atoms with E-state index in [1.807, 2.05) is 49.3 Å². The molecule has 1 heterocycles. The summed E-state index contributed by atoms with van der Waals surface area (Å²) in [6, 6.07) is 9.79. The lowest BCUT2D eigenvalue weighted by atomic mass is 10.1. The highest BCUT2D eigenvalue weighted by atomic mass is 16.3. The molecule has 84 valence electrons. The zero-order valence-corrected chi connectivity index (χ0v) is 9.59. The van der Waals surface area contributed by atoms with Crippen molar-refractivity contribution in [2.24, 2.45) is 0 Å². The third-order valence-electron chi connectivity index (χ3n) is 2.55. The van der Waals surface area contributed by atoms with Gasteiger partial charge in [-0.2, -0.15) is 0 Å². The van der Waals surface area contributed by atoms with Crippen molar-refractivity contribution in [2.75, 3.05) is 20.6 Å². The van der Waals surface area contributed by atoms with E-state index in [4.69, 9.17) is 0 Å². The van der Waals surface area contributed by atoms with Crippen LogP contribution >= 0.6 is 0 Å². The van der Waals surface area contributed by atoms with Gasteiger partial charge in [-0.05, 0) is 37.9 Å². The van der Waals surface area contributed by atoms with Gasteiger partial charge in [-0.3, -0.25) is 4.98 Å². The monoisotopic (exact) mass is 216 g/mol. The van der Waals surface area contributed by atoms with Crippen molar-refractivity contribution in [2.45, 2.75) is 6.10 Å². The van der Waals surface area contributed by atoms with Crippen LogP contribution in [-0.4, -0.2) is 35.6 Å². The van der Waals surface area contributed by atoms with E-state index in [0.717, 1.165) is 16.5 Å². The molecule has 0 fully saturated rings. The molecule has 0 bridgehead atoms. The van der Waals surface area contributed by atoms with E-state index < -0.39 is 6.10 Å². The van der Waals surface area contributed by atoms with Crippen molar-refractivity contribution in [3.63, 3.8) is 0 Å². The first-order chi connectivity index (χ1) is 7.66. The van der Waals surface area contributed by atoms with Crippen LogP contribution in [-0.2, 0) is 0 Å². The average Bonchev–Trinajstić information content (AvgIpc) is 2.27. The van der Waals surface area contributed by atoms with Gasteiger partial charge in [-0.25, -0.2) is 0 Å². The maximum Gasteiger partial charge on any atom is 0.0916 e. The molecule has 0 amide bonds. The number of aromatic nitrogens is 1. The van der Waals surface area contributed by atoms with Crippen LogP contribution in [0.2, 0.25) is 0 Å². The van der Waals surface area contributed by atoms with Gasteiger partial charge in [-0.1, -0.05) is 12.1 Å². The molecule has 0 aliphatic rings. The number of pyridine rings is 1. The van der Waals surface area contributed by atoms with Crippen LogP contribution in [0.25, 0.3) is 10.9 Å². The summed E-state index contributed by atoms with van der Waals surface area (Å²) >= 11 is 0. The molecule has 3 nitrogen and oxygen atoms in total. The largest absolute Gasteiger partial charge is 0.387 e. The highest BCUT2D eigenvalue weighted by Gasteiger charge is 2.08. The van der Waals surface area contributed by atoms with Crippen molar-refractivity contribution in [1.82, 2.24) is 9.88 Å². The topological polar surface area (TPSA) is 36.4 Å². The Morgan fingerprint density at radius 3 is 2.88 bits per heavy atom. The van der Waals surface area contributed by atoms with Gasteiger partial charge in [0.15, 0.2) is 0 Å². The zero-order valence-electron chi connectivity index (χ0n) is 9.59. The molecule has 1 unspecified atom stereocenters. The standard InChI is InChI=1S/C13H16N2O/c1-15(2)9-13(16)11-5-6-12-10(8-11)4-3-7-14-12/h3-8,13,16H,9H2,1-2H3. The maximum atomic E-state index is 9.99. The number of nitrogens with zero attached hydrogens (tertiary/aromatic N) is 2. The number of aliphatic hydroxyl groups excluding tert-OH is 1. The molecule has 16 heavy (non-hydrogen) atoms. The smallest absolute Gasteiger partial charge is 0.0916 e. The van der Waals surface area contributed by atoms with E-state index in [0.29, 0.717) is 6.54 Å². The van der Waals surface area contributed by atoms with E-state index in [1.165, 1.54) is 0 Å². The minimum Gasteiger partial charge on any atom is -0.387 e. The van der Waals surface area contributed by atoms with E-state index in [2.05, 4.69) is 4.98 Å². The normalized spacial score (nSPS) is 13.2. The van der Waals surface area contributed by atoms with Crippen LogP contribution in [0.15, 0.2) is 36.5 Å². The Morgan fingerprint density at radius 1 is 1.31 bits per heavy atom. The van der Waals surface area contributed by atoms with Crippen molar-refractivity contribution < 1.29 is 5.11 Å². The molecule has 0 spiro atoms. The van der Waals surface area contributed by atoms with Gasteiger partial charge in [0.25, 0.3) is 0 Å². The predicted molar refractivity (Wildman–Crippen MR) is 65.3 cm³/mol. The number of hydrogen-bond acceptors (Lipinski definition) is 3. The summed E-state index contributed by atoms with van der Waals surface area (Å²) in [5.41, 5.74) is 1.90. The molecular weight excluding hydrogens is 200 g/mol. The van der Waals surface area contributed by atoms with Gasteiger partial charge >= 0.3 is 0 Å². The number of aliphatic hydroxyl groups is 1. The van der Waals surface area contributed by atoms with Gasteiger partial charge in [0.1, 0.15) is 0 Å². The lowest BCUT2D eigenvalue weighted by molar-refractivity contribution is 0.138. The fourth-order valence-corrected chi connectivity index (χ4v) is 1.75. The molecule has 2 rings (SSSR count). The Bertz CT molecular complexity index is 482. The molecule has 2 aromatic rings. The first-order valence-corrected chi connectivity index (χ1v) is 5.34. The number of fused-ring (bicyclic) bond motifs is 1. The van der Waals surface area contributed by atoms with Crippen LogP contribution in [0, 0.1) is 0 Å². The molecule has 0 radical (unpaired) electrons. The van der Waals surface area contributed by atoms with Gasteiger partial charge in [0, 0.05) is 18.1 Å². The Kier molecular flexibility index (Phi) is 3.17. The quantitative estimate of drug-likeness (QED) is 0.850. The summed E-state index contributed by atoms with van der Waals surface area (Å²) < 4.78 is 0. The van der Waals surface area contributed by atoms with Gasteiger partial charge in [0.05, 0.1) is 11.6 Å². The molecule has 3 heteroatoms. The second-order valence-corrected chi connectivity index (χ2v) is 4.23. The third kappa shape index (κ3) is 2.38. The number of likely N-dealkylation sites (N-methyl/N-ethyl adjacent to an activating group) is 1. The lowest BCUT2D eigenvalue weighted by Crippen LogP contribution is -2.19. The van der Waals surface area contributed by atoms with Crippen molar-refractivity contribution in [1.29, 1.82) is 0 Å². The van der Waals surface area contributed by atoms with Crippen LogP contribution in [0.1, 0.15) is 11.7 Å². The Morgan fingerprint density at radius 2 is 2.12 bits per heavy atom. The number of hydrogen-bond donors (Lipinski definition) is 1. The summed E-state index contributed by atoms with van der Waals surface area (Å²) in [5.74, 6) is 0. The maximum absolute atomic E-state index is 9.99. The fraction of sp³-hybridized carbons (Fsp3) is 0.308. The zero-order chi connectivity index (χ0) is 11.5. The molecule has 1 atom stereocenters. The third-order valence-corrected chi connectivity index (χ3v) is 2.55. The lowest BCUT2D eigenvalue weighted by Gasteiger charge is -2.16. The van der Waals surface area contributed by atoms with Crippen LogP contribution in [0.3, 0.4) is 0 Å². The molecule has 0 aliphatic carbocycles. The molecule has 1 N–H and O–H groups in total. The van der Waals surface area contributed by atoms with E-state index >= 15 is 0 Å². The molecule has 0 aliphatic heterocycles. The van der Waals surface area contributed by atoms with Crippen molar-refractivity contribution in [3.8, 4) is 0 Å². The van der Waals surface area contributed by atoms with Crippen LogP contribution in [0.5, 0.6) is 0 Å². The molecule has 0 saturated carbocycles. The van der Waals surface area contributed by atoms with E-state index in [-0.39, 0.29) is 0 Å². The molecule has 1 aromatic heterocycles. The average molecular weight is 216 g/mol. The van der Waals surface area contributed by atoms with E-state index in [1.54, 1.807) is 6.20 Å². The number of rotatable bonds is 3. The summed E-state index contributed by atoms with van der Waals surface area (Å²) in [5, 5.41) is 11.1. The Hall–Kier alpha value is -1.45. The molecule has 1 aromatic carbocycles. The number of benzene rings is 1.